The van der Waals surface area contributed by atoms with Crippen LogP contribution in [0, 0.1) is 0 Å². The first kappa shape index (κ1) is 8.56. The first-order valence-electron chi connectivity index (χ1n) is 3.50. The second-order valence-electron chi connectivity index (χ2n) is 2.34. The van der Waals surface area contributed by atoms with Gasteiger partial charge in [-0.2, -0.15) is 0 Å². The van der Waals surface area contributed by atoms with E-state index in [1.807, 2.05) is 6.07 Å². The van der Waals surface area contributed by atoms with Crippen molar-refractivity contribution in [2.24, 2.45) is 0 Å². The van der Waals surface area contributed by atoms with Crippen LogP contribution in [-0.2, 0) is 0 Å². The fraction of sp³-hybridized carbons (Fsp3) is 0.111. The molecule has 0 aromatic heterocycles. The lowest BCUT2D eigenvalue weighted by Crippen LogP contribution is -2.23. The fourth-order valence-electron chi connectivity index (χ4n) is 0.892. The van der Waals surface area contributed by atoms with Crippen molar-refractivity contribution in [3.8, 4) is 0 Å². The second-order valence-corrected chi connectivity index (χ2v) is 4.87. The van der Waals surface area contributed by atoms with E-state index in [2.05, 4.69) is 36.5 Å². The highest BCUT2D eigenvalue weighted by molar-refractivity contribution is 6.77. The van der Waals surface area contributed by atoms with Gasteiger partial charge in [0, 0.05) is 0 Å². The maximum atomic E-state index is 5.49. The van der Waals surface area contributed by atoms with Crippen molar-refractivity contribution < 1.29 is 0 Å². The largest absolute Gasteiger partial charge is 0.110 e. The Morgan fingerprint density at radius 3 is 2.45 bits per heavy atom. The van der Waals surface area contributed by atoms with Crippen LogP contribution in [0.5, 0.6) is 0 Å². The summed E-state index contributed by atoms with van der Waals surface area (Å²) in [6, 6.07) is 10.4. The summed E-state index contributed by atoms with van der Waals surface area (Å²) < 4.78 is 0. The highest BCUT2D eigenvalue weighted by Crippen LogP contribution is 1.91. The molecule has 0 fully saturated rings. The van der Waals surface area contributed by atoms with Crippen LogP contribution in [0.3, 0.4) is 0 Å². The van der Waals surface area contributed by atoms with Crippen LogP contribution in [0.4, 0.5) is 0 Å². The van der Waals surface area contributed by atoms with E-state index in [1.165, 1.54) is 5.19 Å². The van der Waals surface area contributed by atoms with Crippen molar-refractivity contribution in [2.75, 3.05) is 0 Å². The van der Waals surface area contributed by atoms with E-state index in [0.29, 0.717) is 0 Å². The predicted molar refractivity (Wildman–Crippen MR) is 52.7 cm³/mol. The average molecular weight is 182 g/mol. The molecule has 11 heavy (non-hydrogen) atoms. The quantitative estimate of drug-likeness (QED) is 0.615. The highest BCUT2D eigenvalue weighted by atomic mass is 35.5. The van der Waals surface area contributed by atoms with Crippen LogP contribution in [0.2, 0.25) is 6.55 Å². The first-order chi connectivity index (χ1) is 5.34. The minimum atomic E-state index is -0.531. The van der Waals surface area contributed by atoms with Gasteiger partial charge < -0.3 is 0 Å². The van der Waals surface area contributed by atoms with Crippen LogP contribution in [-0.4, -0.2) is 8.80 Å². The number of benzene rings is 1. The lowest BCUT2D eigenvalue weighted by atomic mass is 10.4. The number of rotatable bonds is 2. The molecule has 57 valence electrons. The van der Waals surface area contributed by atoms with E-state index in [0.717, 1.165) is 0 Å². The Balaban J connectivity index is 2.76. The molecule has 0 unspecified atom stereocenters. The monoisotopic (exact) mass is 181 g/mol. The summed E-state index contributed by atoms with van der Waals surface area (Å²) in [5, 5.41) is 1.40. The Morgan fingerprint density at radius 2 is 1.91 bits per heavy atom. The van der Waals surface area contributed by atoms with Gasteiger partial charge in [0.1, 0.15) is 8.80 Å². The van der Waals surface area contributed by atoms with E-state index in [1.54, 1.807) is 5.54 Å². The molecule has 0 aliphatic rings. The molecule has 0 spiro atoms. The molecule has 1 radical (unpaired) electrons. The van der Waals surface area contributed by atoms with E-state index in [9.17, 15) is 0 Å². The van der Waals surface area contributed by atoms with Crippen molar-refractivity contribution >= 4 is 25.6 Å². The second kappa shape index (κ2) is 4.37. The molecular formula is C9H10ClSi. The van der Waals surface area contributed by atoms with Crippen molar-refractivity contribution in [3.05, 3.63) is 41.6 Å². The topological polar surface area (TPSA) is 0 Å². The molecule has 2 heteroatoms. The van der Waals surface area contributed by atoms with Gasteiger partial charge >= 0.3 is 0 Å². The summed E-state index contributed by atoms with van der Waals surface area (Å²) in [6.45, 7) is 2.22. The zero-order valence-electron chi connectivity index (χ0n) is 6.42. The van der Waals surface area contributed by atoms with Crippen LogP contribution < -0.4 is 5.19 Å². The maximum absolute atomic E-state index is 5.49. The summed E-state index contributed by atoms with van der Waals surface area (Å²) in [4.78, 5) is 0. The van der Waals surface area contributed by atoms with E-state index >= 15 is 0 Å². The predicted octanol–water partition coefficient (Wildman–Crippen LogP) is 2.31. The molecular weight excluding hydrogens is 172 g/mol. The number of hydrogen-bond acceptors (Lipinski definition) is 0. The molecule has 0 nitrogen and oxygen atoms in total. The summed E-state index contributed by atoms with van der Waals surface area (Å²) in [5.41, 5.74) is 3.68. The third-order valence-corrected chi connectivity index (χ3v) is 3.79. The van der Waals surface area contributed by atoms with Gasteiger partial charge in [-0.15, -0.1) is 0 Å². The van der Waals surface area contributed by atoms with Crippen LogP contribution in [0.25, 0.3) is 0 Å². The molecule has 0 N–H and O–H groups in total. The lowest BCUT2D eigenvalue weighted by molar-refractivity contribution is 1.75. The molecule has 0 aliphatic heterocycles. The summed E-state index contributed by atoms with van der Waals surface area (Å²) in [6.07, 6.45) is 0. The van der Waals surface area contributed by atoms with Gasteiger partial charge in [-0.05, 0) is 5.54 Å². The average Bonchev–Trinajstić information content (AvgIpc) is 2.07. The Bertz CT molecular complexity index is 231. The zero-order valence-corrected chi connectivity index (χ0v) is 8.18. The maximum Gasteiger partial charge on any atom is 0.110 e. The Kier molecular flexibility index (Phi) is 3.40. The molecule has 0 bridgehead atoms. The van der Waals surface area contributed by atoms with Crippen molar-refractivity contribution in [3.63, 3.8) is 0 Å². The molecule has 1 aromatic carbocycles. The molecule has 1 rings (SSSR count). The van der Waals surface area contributed by atoms with Crippen molar-refractivity contribution in [1.29, 1.82) is 0 Å². The minimum absolute atomic E-state index is 0.531. The van der Waals surface area contributed by atoms with Gasteiger partial charge in [0.05, 0.1) is 0 Å². The minimum Gasteiger partial charge on any atom is -0.0937 e. The van der Waals surface area contributed by atoms with Crippen molar-refractivity contribution in [1.82, 2.24) is 0 Å². The molecule has 0 aliphatic carbocycles. The van der Waals surface area contributed by atoms with Crippen LogP contribution >= 0.6 is 11.6 Å². The molecule has 0 saturated carbocycles. The van der Waals surface area contributed by atoms with Crippen LogP contribution in [0.1, 0.15) is 0 Å². The Hall–Kier alpha value is -0.533. The van der Waals surface area contributed by atoms with Gasteiger partial charge in [0.25, 0.3) is 0 Å². The molecule has 0 saturated heterocycles. The first-order valence-corrected chi connectivity index (χ1v) is 6.01. The smallest absolute Gasteiger partial charge is 0.0937 e. The standard InChI is InChI=1S/C9H10ClSi/c1-11(8-7-10)9-5-3-2-4-6-9/h2-8H,1H3. The normalized spacial score (nSPS) is 11.2. The van der Waals surface area contributed by atoms with Gasteiger partial charge in [-0.3, -0.25) is 0 Å². The van der Waals surface area contributed by atoms with Crippen LogP contribution in [0.15, 0.2) is 41.6 Å². The summed E-state index contributed by atoms with van der Waals surface area (Å²) in [5.74, 6) is 0. The molecule has 0 heterocycles. The third kappa shape index (κ3) is 2.52. The molecule has 0 atom stereocenters. The Labute approximate surface area is 74.1 Å². The molecule has 1 aromatic rings. The van der Waals surface area contributed by atoms with Crippen molar-refractivity contribution in [2.45, 2.75) is 6.55 Å². The summed E-state index contributed by atoms with van der Waals surface area (Å²) in [7, 11) is -0.531. The Morgan fingerprint density at radius 1 is 1.27 bits per heavy atom. The fourth-order valence-corrected chi connectivity index (χ4v) is 2.56. The lowest BCUT2D eigenvalue weighted by Gasteiger charge is -2.01. The molecule has 0 amide bonds. The highest BCUT2D eigenvalue weighted by Gasteiger charge is 2.00. The SMILES string of the molecule is C[Si](C=CCl)c1ccccc1. The van der Waals surface area contributed by atoms with Gasteiger partial charge in [0.15, 0.2) is 0 Å². The van der Waals surface area contributed by atoms with E-state index in [4.69, 9.17) is 11.6 Å². The van der Waals surface area contributed by atoms with Gasteiger partial charge in [-0.1, -0.05) is 59.4 Å². The van der Waals surface area contributed by atoms with E-state index in [-0.39, 0.29) is 0 Å². The zero-order chi connectivity index (χ0) is 8.10. The number of hydrogen-bond donors (Lipinski definition) is 0. The van der Waals surface area contributed by atoms with E-state index < -0.39 is 8.80 Å². The summed E-state index contributed by atoms with van der Waals surface area (Å²) >= 11 is 5.49. The van der Waals surface area contributed by atoms with Gasteiger partial charge in [0.2, 0.25) is 0 Å². The third-order valence-electron chi connectivity index (χ3n) is 1.54. The van der Waals surface area contributed by atoms with Gasteiger partial charge in [-0.25, -0.2) is 0 Å². The number of halogens is 1.